The molecule has 1 saturated carbocycles. The molecular formula is C12H26N2O. The number of ether oxygens (including phenoxy) is 1. The van der Waals surface area contributed by atoms with Gasteiger partial charge in [0.1, 0.15) is 0 Å². The van der Waals surface area contributed by atoms with Gasteiger partial charge < -0.3 is 10.5 Å². The molecule has 0 aromatic heterocycles. The molecule has 0 spiro atoms. The molecule has 0 unspecified atom stereocenters. The molecule has 3 heteroatoms. The van der Waals surface area contributed by atoms with Gasteiger partial charge in [-0.25, -0.2) is 0 Å². The molecule has 0 aliphatic heterocycles. The van der Waals surface area contributed by atoms with Crippen LogP contribution in [0.15, 0.2) is 0 Å². The lowest BCUT2D eigenvalue weighted by atomic mass is 9.95. The Balaban J connectivity index is 2.46. The van der Waals surface area contributed by atoms with Crippen molar-refractivity contribution in [3.05, 3.63) is 0 Å². The third-order valence-electron chi connectivity index (χ3n) is 3.68. The minimum atomic E-state index is 0.284. The Hall–Kier alpha value is -0.120. The van der Waals surface area contributed by atoms with E-state index in [0.29, 0.717) is 0 Å². The molecule has 0 heterocycles. The molecule has 0 aromatic rings. The lowest BCUT2D eigenvalue weighted by Gasteiger charge is -2.40. The molecule has 2 N–H and O–H groups in total. The van der Waals surface area contributed by atoms with Gasteiger partial charge in [0.25, 0.3) is 0 Å². The van der Waals surface area contributed by atoms with Crippen molar-refractivity contribution in [1.29, 1.82) is 0 Å². The first-order chi connectivity index (χ1) is 7.29. The van der Waals surface area contributed by atoms with Crippen LogP contribution in [0.4, 0.5) is 0 Å². The van der Waals surface area contributed by atoms with E-state index in [1.54, 1.807) is 0 Å². The van der Waals surface area contributed by atoms with Crippen LogP contribution in [0.1, 0.15) is 39.5 Å². The van der Waals surface area contributed by atoms with Gasteiger partial charge in [0.15, 0.2) is 0 Å². The van der Waals surface area contributed by atoms with Gasteiger partial charge in [-0.3, -0.25) is 4.90 Å². The van der Waals surface area contributed by atoms with Crippen molar-refractivity contribution >= 4 is 0 Å². The van der Waals surface area contributed by atoms with Crippen molar-refractivity contribution in [3.8, 4) is 0 Å². The van der Waals surface area contributed by atoms with Gasteiger partial charge in [0, 0.05) is 25.2 Å². The Morgan fingerprint density at radius 3 is 2.40 bits per heavy atom. The van der Waals surface area contributed by atoms with Crippen molar-refractivity contribution in [2.45, 2.75) is 45.1 Å². The fourth-order valence-corrected chi connectivity index (χ4v) is 2.73. The molecule has 1 fully saturated rings. The summed E-state index contributed by atoms with van der Waals surface area (Å²) in [5, 5.41) is 0. The summed E-state index contributed by atoms with van der Waals surface area (Å²) in [5.74, 6) is 0. The second kappa shape index (κ2) is 6.46. The second-order valence-electron chi connectivity index (χ2n) is 4.41. The maximum Gasteiger partial charge on any atom is 0.0593 e. The van der Waals surface area contributed by atoms with E-state index in [1.165, 1.54) is 25.7 Å². The highest BCUT2D eigenvalue weighted by atomic mass is 16.5. The van der Waals surface area contributed by atoms with Crippen LogP contribution < -0.4 is 5.73 Å². The van der Waals surface area contributed by atoms with Gasteiger partial charge in [-0.05, 0) is 26.3 Å². The van der Waals surface area contributed by atoms with Crippen LogP contribution in [0.3, 0.4) is 0 Å². The molecule has 3 nitrogen and oxygen atoms in total. The Morgan fingerprint density at radius 2 is 1.93 bits per heavy atom. The largest absolute Gasteiger partial charge is 0.380 e. The average molecular weight is 214 g/mol. The van der Waals surface area contributed by atoms with Gasteiger partial charge in [0.05, 0.1) is 6.61 Å². The van der Waals surface area contributed by atoms with E-state index in [0.717, 1.165) is 32.8 Å². The Morgan fingerprint density at radius 1 is 1.27 bits per heavy atom. The first-order valence-electron chi connectivity index (χ1n) is 6.32. The summed E-state index contributed by atoms with van der Waals surface area (Å²) < 4.78 is 5.43. The Labute approximate surface area is 94.0 Å². The number of hydrogen-bond acceptors (Lipinski definition) is 3. The summed E-state index contributed by atoms with van der Waals surface area (Å²) in [6.07, 6.45) is 5.21. The van der Waals surface area contributed by atoms with Crippen LogP contribution in [0, 0.1) is 0 Å². The fraction of sp³-hybridized carbons (Fsp3) is 1.00. The summed E-state index contributed by atoms with van der Waals surface area (Å²) in [6.45, 7) is 8.84. The van der Waals surface area contributed by atoms with Crippen molar-refractivity contribution in [2.24, 2.45) is 5.73 Å². The summed E-state index contributed by atoms with van der Waals surface area (Å²) in [5.41, 5.74) is 6.25. The van der Waals surface area contributed by atoms with Crippen molar-refractivity contribution < 1.29 is 4.74 Å². The summed E-state index contributed by atoms with van der Waals surface area (Å²) in [4.78, 5) is 2.52. The number of nitrogens with two attached hydrogens (primary N) is 1. The lowest BCUT2D eigenvalue weighted by molar-refractivity contribution is 0.0549. The number of nitrogens with zero attached hydrogens (tertiary/aromatic N) is 1. The second-order valence-corrected chi connectivity index (χ2v) is 4.41. The van der Waals surface area contributed by atoms with Crippen LogP contribution in [-0.2, 0) is 4.74 Å². The molecule has 1 rings (SSSR count). The molecule has 1 aliphatic carbocycles. The summed E-state index contributed by atoms with van der Waals surface area (Å²) in [7, 11) is 0. The third kappa shape index (κ3) is 3.16. The SMILES string of the molecule is CCOCCN(CC)C1(CN)CCCC1. The standard InChI is InChI=1S/C12H26N2O/c1-3-14(9-10-15-4-2)12(11-13)7-5-6-8-12/h3-11,13H2,1-2H3. The van der Waals surface area contributed by atoms with E-state index in [9.17, 15) is 0 Å². The van der Waals surface area contributed by atoms with E-state index < -0.39 is 0 Å². The third-order valence-corrected chi connectivity index (χ3v) is 3.68. The maximum absolute atomic E-state index is 5.97. The predicted octanol–water partition coefficient (Wildman–Crippen LogP) is 1.62. The summed E-state index contributed by atoms with van der Waals surface area (Å²) in [6, 6.07) is 0. The van der Waals surface area contributed by atoms with E-state index >= 15 is 0 Å². The van der Waals surface area contributed by atoms with E-state index in [1.807, 2.05) is 6.92 Å². The van der Waals surface area contributed by atoms with Gasteiger partial charge in [-0.1, -0.05) is 19.8 Å². The van der Waals surface area contributed by atoms with Gasteiger partial charge >= 0.3 is 0 Å². The van der Waals surface area contributed by atoms with E-state index in [-0.39, 0.29) is 5.54 Å². The minimum absolute atomic E-state index is 0.284. The molecule has 0 amide bonds. The van der Waals surface area contributed by atoms with Crippen LogP contribution in [0.2, 0.25) is 0 Å². The zero-order valence-corrected chi connectivity index (χ0v) is 10.3. The molecule has 15 heavy (non-hydrogen) atoms. The molecule has 0 atom stereocenters. The zero-order chi connectivity index (χ0) is 11.1. The van der Waals surface area contributed by atoms with Crippen molar-refractivity contribution in [1.82, 2.24) is 4.90 Å². The first kappa shape index (κ1) is 12.9. The molecule has 0 radical (unpaired) electrons. The minimum Gasteiger partial charge on any atom is -0.380 e. The first-order valence-corrected chi connectivity index (χ1v) is 6.32. The molecule has 1 aliphatic rings. The highest BCUT2D eigenvalue weighted by molar-refractivity contribution is 4.95. The van der Waals surface area contributed by atoms with Crippen molar-refractivity contribution in [2.75, 3.05) is 32.8 Å². The number of likely N-dealkylation sites (N-methyl/N-ethyl adjacent to an activating group) is 1. The molecule has 0 bridgehead atoms. The van der Waals surface area contributed by atoms with Crippen molar-refractivity contribution in [3.63, 3.8) is 0 Å². The molecule has 90 valence electrons. The number of hydrogen-bond donors (Lipinski definition) is 1. The highest BCUT2D eigenvalue weighted by Crippen LogP contribution is 2.34. The van der Waals surface area contributed by atoms with E-state index in [2.05, 4.69) is 11.8 Å². The highest BCUT2D eigenvalue weighted by Gasteiger charge is 2.37. The van der Waals surface area contributed by atoms with Crippen LogP contribution in [0.5, 0.6) is 0 Å². The monoisotopic (exact) mass is 214 g/mol. The predicted molar refractivity (Wildman–Crippen MR) is 64.0 cm³/mol. The maximum atomic E-state index is 5.97. The van der Waals surface area contributed by atoms with Crippen LogP contribution in [-0.4, -0.2) is 43.3 Å². The number of rotatable bonds is 7. The topological polar surface area (TPSA) is 38.5 Å². The van der Waals surface area contributed by atoms with Crippen LogP contribution in [0.25, 0.3) is 0 Å². The molecule has 0 saturated heterocycles. The lowest BCUT2D eigenvalue weighted by Crippen LogP contribution is -2.53. The smallest absolute Gasteiger partial charge is 0.0593 e. The zero-order valence-electron chi connectivity index (χ0n) is 10.3. The Bertz CT molecular complexity index is 167. The van der Waals surface area contributed by atoms with Gasteiger partial charge in [-0.2, -0.15) is 0 Å². The molecule has 0 aromatic carbocycles. The normalized spacial score (nSPS) is 20.0. The van der Waals surface area contributed by atoms with Crippen LogP contribution >= 0.6 is 0 Å². The molecular weight excluding hydrogens is 188 g/mol. The quantitative estimate of drug-likeness (QED) is 0.654. The Kier molecular flexibility index (Phi) is 5.58. The summed E-state index contributed by atoms with van der Waals surface area (Å²) >= 11 is 0. The van der Waals surface area contributed by atoms with Gasteiger partial charge in [-0.15, -0.1) is 0 Å². The van der Waals surface area contributed by atoms with E-state index in [4.69, 9.17) is 10.5 Å². The van der Waals surface area contributed by atoms with Gasteiger partial charge in [0.2, 0.25) is 0 Å². The fourth-order valence-electron chi connectivity index (χ4n) is 2.73. The average Bonchev–Trinajstić information content (AvgIpc) is 2.74.